The SMILES string of the molecule is c1ccc(-c2ccc(-c3nc(-c4ccccc4)nc(-c4c5nc(-c6ccc(-c7ccccc7)cc6)sc5cc5c4oc4ccccc45)n3)cc2)cc1. The highest BCUT2D eigenvalue weighted by Crippen LogP contribution is 2.44. The van der Waals surface area contributed by atoms with Gasteiger partial charge in [-0.25, -0.2) is 19.9 Å². The highest BCUT2D eigenvalue weighted by atomic mass is 32.1. The predicted octanol–water partition coefficient (Wildman–Crippen LogP) is 12.4. The van der Waals surface area contributed by atoms with Gasteiger partial charge in [-0.2, -0.15) is 0 Å². The first-order valence-electron chi connectivity index (χ1n) is 17.1. The summed E-state index contributed by atoms with van der Waals surface area (Å²) < 4.78 is 7.68. The molecule has 0 aliphatic rings. The van der Waals surface area contributed by atoms with Crippen LogP contribution in [0.25, 0.3) is 99.1 Å². The first-order valence-corrected chi connectivity index (χ1v) is 18.0. The second-order valence-electron chi connectivity index (χ2n) is 12.7. The van der Waals surface area contributed by atoms with Gasteiger partial charge in [-0.05, 0) is 34.4 Å². The summed E-state index contributed by atoms with van der Waals surface area (Å²) in [5.74, 6) is 1.68. The molecule has 0 aliphatic carbocycles. The highest BCUT2D eigenvalue weighted by Gasteiger charge is 2.24. The van der Waals surface area contributed by atoms with E-state index in [9.17, 15) is 0 Å². The van der Waals surface area contributed by atoms with Gasteiger partial charge in [-0.3, -0.25) is 0 Å². The van der Waals surface area contributed by atoms with Crippen LogP contribution in [0.4, 0.5) is 0 Å². The summed E-state index contributed by atoms with van der Waals surface area (Å²) in [6, 6.07) is 58.2. The number of hydrogen-bond acceptors (Lipinski definition) is 6. The molecule has 0 saturated carbocycles. The fourth-order valence-electron chi connectivity index (χ4n) is 6.78. The zero-order valence-electron chi connectivity index (χ0n) is 27.8. The Morgan fingerprint density at radius 3 is 1.46 bits per heavy atom. The third-order valence-electron chi connectivity index (χ3n) is 9.41. The van der Waals surface area contributed by atoms with Crippen LogP contribution in [0, 0.1) is 0 Å². The highest BCUT2D eigenvalue weighted by molar-refractivity contribution is 7.21. The molecule has 244 valence electrons. The molecule has 52 heavy (non-hydrogen) atoms. The molecule has 0 fully saturated rings. The van der Waals surface area contributed by atoms with Gasteiger partial charge in [0.25, 0.3) is 0 Å². The van der Waals surface area contributed by atoms with Gasteiger partial charge in [-0.15, -0.1) is 11.3 Å². The second kappa shape index (κ2) is 12.5. The number of furan rings is 1. The zero-order chi connectivity index (χ0) is 34.4. The topological polar surface area (TPSA) is 64.7 Å². The van der Waals surface area contributed by atoms with Gasteiger partial charge in [-0.1, -0.05) is 158 Å². The number of hydrogen-bond donors (Lipinski definition) is 0. The summed E-state index contributed by atoms with van der Waals surface area (Å²) in [6.07, 6.45) is 0. The molecule has 0 spiro atoms. The monoisotopic (exact) mass is 684 g/mol. The Hall–Kier alpha value is -6.76. The van der Waals surface area contributed by atoms with Gasteiger partial charge in [0.1, 0.15) is 16.2 Å². The molecule has 0 N–H and O–H groups in total. The van der Waals surface area contributed by atoms with E-state index in [1.807, 2.05) is 60.7 Å². The van der Waals surface area contributed by atoms with Gasteiger partial charge in [0, 0.05) is 27.5 Å². The van der Waals surface area contributed by atoms with Gasteiger partial charge in [0.2, 0.25) is 0 Å². The zero-order valence-corrected chi connectivity index (χ0v) is 28.6. The van der Waals surface area contributed by atoms with Crippen molar-refractivity contribution in [3.63, 3.8) is 0 Å². The van der Waals surface area contributed by atoms with Crippen molar-refractivity contribution in [1.82, 2.24) is 19.9 Å². The molecule has 10 rings (SSSR count). The minimum Gasteiger partial charge on any atom is -0.455 e. The Balaban J connectivity index is 1.18. The van der Waals surface area contributed by atoms with E-state index in [4.69, 9.17) is 24.4 Å². The standard InChI is InChI=1S/C46H28N4OS/c1-4-12-29(13-5-1)31-20-24-34(25-21-31)44-48-43(33-16-8-3-9-17-33)49-45(50-44)40-41-39(28-37-36-18-10-11-19-38(36)51-42(37)40)52-46(47-41)35-26-22-32(23-27-35)30-14-6-2-7-15-30/h1-28H. The van der Waals surface area contributed by atoms with Crippen LogP contribution in [0.2, 0.25) is 0 Å². The summed E-state index contributed by atoms with van der Waals surface area (Å²) in [5.41, 5.74) is 10.6. The molecule has 3 aromatic heterocycles. The molecule has 5 nitrogen and oxygen atoms in total. The lowest BCUT2D eigenvalue weighted by atomic mass is 10.0. The van der Waals surface area contributed by atoms with Crippen molar-refractivity contribution in [2.24, 2.45) is 0 Å². The number of rotatable bonds is 6. The second-order valence-corrected chi connectivity index (χ2v) is 13.7. The van der Waals surface area contributed by atoms with Gasteiger partial charge in [0.15, 0.2) is 17.5 Å². The normalized spacial score (nSPS) is 11.5. The molecular weight excluding hydrogens is 657 g/mol. The Bertz CT molecular complexity index is 2870. The first-order chi connectivity index (χ1) is 25.7. The van der Waals surface area contributed by atoms with Crippen LogP contribution in [-0.2, 0) is 0 Å². The van der Waals surface area contributed by atoms with Crippen molar-refractivity contribution in [2.75, 3.05) is 0 Å². The molecule has 0 atom stereocenters. The van der Waals surface area contributed by atoms with Crippen molar-refractivity contribution < 1.29 is 4.42 Å². The summed E-state index contributed by atoms with van der Waals surface area (Å²) in [7, 11) is 0. The Labute approximate surface area is 303 Å². The fraction of sp³-hybridized carbons (Fsp3) is 0. The van der Waals surface area contributed by atoms with E-state index in [1.165, 1.54) is 5.56 Å². The Kier molecular flexibility index (Phi) is 7.25. The van der Waals surface area contributed by atoms with E-state index in [0.717, 1.165) is 70.5 Å². The summed E-state index contributed by atoms with van der Waals surface area (Å²) >= 11 is 1.66. The minimum atomic E-state index is 0.516. The summed E-state index contributed by atoms with van der Waals surface area (Å²) in [4.78, 5) is 20.6. The van der Waals surface area contributed by atoms with Crippen molar-refractivity contribution in [3.05, 3.63) is 170 Å². The number of aromatic nitrogens is 4. The number of nitrogens with zero attached hydrogens (tertiary/aromatic N) is 4. The Morgan fingerprint density at radius 2 is 0.846 bits per heavy atom. The maximum Gasteiger partial charge on any atom is 0.170 e. The third-order valence-corrected chi connectivity index (χ3v) is 10.5. The van der Waals surface area contributed by atoms with Crippen molar-refractivity contribution in [1.29, 1.82) is 0 Å². The molecule has 0 saturated heterocycles. The van der Waals surface area contributed by atoms with Crippen LogP contribution >= 0.6 is 11.3 Å². The lowest BCUT2D eigenvalue weighted by Crippen LogP contribution is -2.01. The molecule has 0 unspecified atom stereocenters. The van der Waals surface area contributed by atoms with E-state index in [0.29, 0.717) is 23.1 Å². The third kappa shape index (κ3) is 5.34. The number of fused-ring (bicyclic) bond motifs is 4. The van der Waals surface area contributed by atoms with E-state index < -0.39 is 0 Å². The fourth-order valence-corrected chi connectivity index (χ4v) is 7.80. The van der Waals surface area contributed by atoms with Gasteiger partial charge < -0.3 is 4.42 Å². The molecule has 0 radical (unpaired) electrons. The number of benzene rings is 7. The Morgan fingerprint density at radius 1 is 0.385 bits per heavy atom. The largest absolute Gasteiger partial charge is 0.455 e. The lowest BCUT2D eigenvalue weighted by molar-refractivity contribution is 0.670. The van der Waals surface area contributed by atoms with Crippen LogP contribution in [0.3, 0.4) is 0 Å². The van der Waals surface area contributed by atoms with Crippen LogP contribution in [0.15, 0.2) is 174 Å². The summed E-state index contributed by atoms with van der Waals surface area (Å²) in [6.45, 7) is 0. The number of thiazole rings is 1. The number of para-hydroxylation sites is 1. The maximum absolute atomic E-state index is 6.65. The molecule has 7 aromatic carbocycles. The average molecular weight is 685 g/mol. The van der Waals surface area contributed by atoms with E-state index in [-0.39, 0.29) is 0 Å². The molecule has 0 amide bonds. The van der Waals surface area contributed by atoms with Crippen molar-refractivity contribution in [2.45, 2.75) is 0 Å². The summed E-state index contributed by atoms with van der Waals surface area (Å²) in [5, 5.41) is 2.96. The molecule has 3 heterocycles. The average Bonchev–Trinajstić information content (AvgIpc) is 3.82. The van der Waals surface area contributed by atoms with Crippen LogP contribution < -0.4 is 0 Å². The first kappa shape index (κ1) is 30.1. The van der Waals surface area contributed by atoms with Crippen LogP contribution in [0.5, 0.6) is 0 Å². The van der Waals surface area contributed by atoms with Gasteiger partial charge >= 0.3 is 0 Å². The molecule has 0 bridgehead atoms. The van der Waals surface area contributed by atoms with E-state index in [1.54, 1.807) is 11.3 Å². The van der Waals surface area contributed by atoms with E-state index in [2.05, 4.69) is 109 Å². The van der Waals surface area contributed by atoms with Crippen LogP contribution in [-0.4, -0.2) is 19.9 Å². The smallest absolute Gasteiger partial charge is 0.170 e. The molecular formula is C46H28N4OS. The van der Waals surface area contributed by atoms with Crippen LogP contribution in [0.1, 0.15) is 0 Å². The molecule has 10 aromatic rings. The van der Waals surface area contributed by atoms with Crippen molar-refractivity contribution in [3.8, 4) is 67.0 Å². The predicted molar refractivity (Wildman–Crippen MR) is 213 cm³/mol. The minimum absolute atomic E-state index is 0.516. The van der Waals surface area contributed by atoms with Crippen molar-refractivity contribution >= 4 is 43.5 Å². The van der Waals surface area contributed by atoms with Gasteiger partial charge in [0.05, 0.1) is 15.8 Å². The lowest BCUT2D eigenvalue weighted by Gasteiger charge is -2.10. The van der Waals surface area contributed by atoms with E-state index >= 15 is 0 Å². The maximum atomic E-state index is 6.65. The molecule has 6 heteroatoms. The molecule has 0 aliphatic heterocycles. The quantitative estimate of drug-likeness (QED) is 0.174.